The summed E-state index contributed by atoms with van der Waals surface area (Å²) in [4.78, 5) is 16.7. The standard InChI is InChI=1S/C14H17N3O2/c1-3-17(10-11(2)8-15)13-6-4-12(9-16-13)5-7-14(18)19/h4-7,9,11H,3,10H2,1-2H3,(H,18,19)/b7-5+. The number of carboxylic acids is 1. The van der Waals surface area contributed by atoms with Gasteiger partial charge in [0.2, 0.25) is 0 Å². The molecule has 100 valence electrons. The van der Waals surface area contributed by atoms with E-state index in [1.807, 2.05) is 30.9 Å². The summed E-state index contributed by atoms with van der Waals surface area (Å²) in [6, 6.07) is 5.83. The van der Waals surface area contributed by atoms with Crippen molar-refractivity contribution < 1.29 is 9.90 Å². The number of aromatic nitrogens is 1. The molecule has 19 heavy (non-hydrogen) atoms. The quantitative estimate of drug-likeness (QED) is 0.792. The average Bonchev–Trinajstić information content (AvgIpc) is 2.42. The third-order valence-electron chi connectivity index (χ3n) is 2.61. The lowest BCUT2D eigenvalue weighted by Crippen LogP contribution is -2.28. The zero-order valence-electron chi connectivity index (χ0n) is 11.1. The summed E-state index contributed by atoms with van der Waals surface area (Å²) in [6.45, 7) is 5.27. The van der Waals surface area contributed by atoms with Crippen LogP contribution in [0.5, 0.6) is 0 Å². The maximum Gasteiger partial charge on any atom is 0.328 e. The second kappa shape index (κ2) is 7.17. The van der Waals surface area contributed by atoms with E-state index in [9.17, 15) is 4.79 Å². The van der Waals surface area contributed by atoms with Gasteiger partial charge in [-0.2, -0.15) is 5.26 Å². The summed E-state index contributed by atoms with van der Waals surface area (Å²) >= 11 is 0. The zero-order valence-corrected chi connectivity index (χ0v) is 11.1. The van der Waals surface area contributed by atoms with Gasteiger partial charge in [-0.25, -0.2) is 9.78 Å². The molecule has 1 aromatic rings. The van der Waals surface area contributed by atoms with Crippen LogP contribution in [0.1, 0.15) is 19.4 Å². The van der Waals surface area contributed by atoms with Crippen LogP contribution in [0.3, 0.4) is 0 Å². The van der Waals surface area contributed by atoms with Crippen LogP contribution in [-0.4, -0.2) is 29.1 Å². The summed E-state index contributed by atoms with van der Waals surface area (Å²) in [7, 11) is 0. The number of carboxylic acid groups (broad SMARTS) is 1. The predicted molar refractivity (Wildman–Crippen MR) is 73.6 cm³/mol. The van der Waals surface area contributed by atoms with Crippen molar-refractivity contribution >= 4 is 17.9 Å². The van der Waals surface area contributed by atoms with E-state index in [0.29, 0.717) is 6.54 Å². The van der Waals surface area contributed by atoms with E-state index in [-0.39, 0.29) is 5.92 Å². The number of pyridine rings is 1. The van der Waals surface area contributed by atoms with Crippen molar-refractivity contribution in [2.75, 3.05) is 18.0 Å². The summed E-state index contributed by atoms with van der Waals surface area (Å²) in [5, 5.41) is 17.4. The molecule has 0 aromatic carbocycles. The predicted octanol–water partition coefficient (Wildman–Crippen LogP) is 2.17. The molecule has 1 rings (SSSR count). The van der Waals surface area contributed by atoms with E-state index in [1.54, 1.807) is 6.20 Å². The Kier molecular flexibility index (Phi) is 5.55. The number of aliphatic carboxylic acids is 1. The Morgan fingerprint density at radius 3 is 2.84 bits per heavy atom. The highest BCUT2D eigenvalue weighted by atomic mass is 16.4. The zero-order chi connectivity index (χ0) is 14.3. The summed E-state index contributed by atoms with van der Waals surface area (Å²) in [5.41, 5.74) is 0.732. The molecule has 0 aliphatic carbocycles. The molecule has 0 amide bonds. The molecule has 0 radical (unpaired) electrons. The van der Waals surface area contributed by atoms with Crippen LogP contribution in [0.15, 0.2) is 24.4 Å². The minimum absolute atomic E-state index is 0.0617. The van der Waals surface area contributed by atoms with Gasteiger partial charge in [-0.15, -0.1) is 0 Å². The van der Waals surface area contributed by atoms with Crippen LogP contribution in [0, 0.1) is 17.2 Å². The lowest BCUT2D eigenvalue weighted by atomic mass is 10.2. The highest BCUT2D eigenvalue weighted by molar-refractivity contribution is 5.85. The van der Waals surface area contributed by atoms with E-state index >= 15 is 0 Å². The number of carbonyl (C=O) groups is 1. The van der Waals surface area contributed by atoms with Crippen LogP contribution in [0.2, 0.25) is 0 Å². The van der Waals surface area contributed by atoms with Gasteiger partial charge in [-0.3, -0.25) is 0 Å². The Hall–Kier alpha value is -2.35. The SMILES string of the molecule is CCN(CC(C)C#N)c1ccc(/C=C/C(=O)O)cn1. The normalized spacial score (nSPS) is 12.1. The first-order chi connectivity index (χ1) is 9.06. The van der Waals surface area contributed by atoms with Crippen molar-refractivity contribution in [1.82, 2.24) is 4.98 Å². The Morgan fingerprint density at radius 2 is 2.37 bits per heavy atom. The topological polar surface area (TPSA) is 77.2 Å². The van der Waals surface area contributed by atoms with E-state index in [1.165, 1.54) is 6.08 Å². The molecule has 1 N–H and O–H groups in total. The van der Waals surface area contributed by atoms with E-state index < -0.39 is 5.97 Å². The van der Waals surface area contributed by atoms with Gasteiger partial charge >= 0.3 is 5.97 Å². The largest absolute Gasteiger partial charge is 0.478 e. The van der Waals surface area contributed by atoms with E-state index in [2.05, 4.69) is 11.1 Å². The van der Waals surface area contributed by atoms with Gasteiger partial charge in [0.1, 0.15) is 5.82 Å². The number of hydrogen-bond donors (Lipinski definition) is 1. The van der Waals surface area contributed by atoms with Crippen molar-refractivity contribution in [3.05, 3.63) is 30.0 Å². The lowest BCUT2D eigenvalue weighted by molar-refractivity contribution is -0.131. The van der Waals surface area contributed by atoms with Crippen molar-refractivity contribution in [2.24, 2.45) is 5.92 Å². The minimum Gasteiger partial charge on any atom is -0.478 e. The second-order valence-electron chi connectivity index (χ2n) is 4.19. The number of nitriles is 1. The number of anilines is 1. The molecule has 1 heterocycles. The van der Waals surface area contributed by atoms with Gasteiger partial charge in [0, 0.05) is 25.4 Å². The van der Waals surface area contributed by atoms with Gasteiger partial charge in [0.25, 0.3) is 0 Å². The van der Waals surface area contributed by atoms with Gasteiger partial charge < -0.3 is 10.0 Å². The smallest absolute Gasteiger partial charge is 0.328 e. The number of nitrogens with zero attached hydrogens (tertiary/aromatic N) is 3. The van der Waals surface area contributed by atoms with Crippen LogP contribution >= 0.6 is 0 Å². The van der Waals surface area contributed by atoms with Crippen LogP contribution in [0.25, 0.3) is 6.08 Å². The molecule has 1 aromatic heterocycles. The first-order valence-corrected chi connectivity index (χ1v) is 6.08. The molecule has 0 spiro atoms. The second-order valence-corrected chi connectivity index (χ2v) is 4.19. The number of hydrogen-bond acceptors (Lipinski definition) is 4. The lowest BCUT2D eigenvalue weighted by Gasteiger charge is -2.22. The third kappa shape index (κ3) is 4.80. The maximum atomic E-state index is 10.4. The average molecular weight is 259 g/mol. The van der Waals surface area contributed by atoms with Crippen LogP contribution in [-0.2, 0) is 4.79 Å². The van der Waals surface area contributed by atoms with Gasteiger partial charge in [-0.1, -0.05) is 0 Å². The maximum absolute atomic E-state index is 10.4. The fourth-order valence-corrected chi connectivity index (χ4v) is 1.61. The Morgan fingerprint density at radius 1 is 1.63 bits per heavy atom. The third-order valence-corrected chi connectivity index (χ3v) is 2.61. The molecule has 5 nitrogen and oxygen atoms in total. The summed E-state index contributed by atoms with van der Waals surface area (Å²) in [5.74, 6) is -0.257. The molecule has 0 aliphatic rings. The fraction of sp³-hybridized carbons (Fsp3) is 0.357. The minimum atomic E-state index is -0.984. The Balaban J connectivity index is 2.79. The van der Waals surface area contributed by atoms with Gasteiger partial charge in [0.15, 0.2) is 0 Å². The first-order valence-electron chi connectivity index (χ1n) is 6.08. The van der Waals surface area contributed by atoms with Gasteiger partial charge in [-0.05, 0) is 37.6 Å². The molecule has 0 saturated heterocycles. The Labute approximate surface area is 112 Å². The highest BCUT2D eigenvalue weighted by Gasteiger charge is 2.09. The molecule has 0 aliphatic heterocycles. The molecular formula is C14H17N3O2. The molecule has 1 atom stereocenters. The molecule has 0 bridgehead atoms. The highest BCUT2D eigenvalue weighted by Crippen LogP contribution is 2.13. The van der Waals surface area contributed by atoms with Crippen LogP contribution < -0.4 is 4.90 Å². The molecule has 0 fully saturated rings. The van der Waals surface area contributed by atoms with E-state index in [4.69, 9.17) is 10.4 Å². The molecule has 5 heteroatoms. The van der Waals surface area contributed by atoms with Crippen molar-refractivity contribution in [1.29, 1.82) is 5.26 Å². The van der Waals surface area contributed by atoms with Crippen molar-refractivity contribution in [3.63, 3.8) is 0 Å². The van der Waals surface area contributed by atoms with Crippen molar-refractivity contribution in [3.8, 4) is 6.07 Å². The summed E-state index contributed by atoms with van der Waals surface area (Å²) in [6.07, 6.45) is 4.19. The number of rotatable bonds is 6. The van der Waals surface area contributed by atoms with E-state index in [0.717, 1.165) is 24.0 Å². The van der Waals surface area contributed by atoms with Crippen LogP contribution in [0.4, 0.5) is 5.82 Å². The Bertz CT molecular complexity index is 488. The monoisotopic (exact) mass is 259 g/mol. The molecule has 1 unspecified atom stereocenters. The first kappa shape index (κ1) is 14.7. The summed E-state index contributed by atoms with van der Waals surface area (Å²) < 4.78 is 0. The molecule has 0 saturated carbocycles. The van der Waals surface area contributed by atoms with Crippen molar-refractivity contribution in [2.45, 2.75) is 13.8 Å². The molecular weight excluding hydrogens is 242 g/mol. The van der Waals surface area contributed by atoms with Gasteiger partial charge in [0.05, 0.1) is 12.0 Å². The fourth-order valence-electron chi connectivity index (χ4n) is 1.61.